The minimum absolute atomic E-state index is 0.951. The van der Waals surface area contributed by atoms with Crippen molar-refractivity contribution < 1.29 is 0 Å². The summed E-state index contributed by atoms with van der Waals surface area (Å²) in [5, 5.41) is 3.05. The van der Waals surface area contributed by atoms with E-state index < -0.39 is 0 Å². The van der Waals surface area contributed by atoms with E-state index in [9.17, 15) is 0 Å². The van der Waals surface area contributed by atoms with Gasteiger partial charge in [-0.15, -0.1) is 6.58 Å². The normalized spacial score (nSPS) is 9.62. The Morgan fingerprint density at radius 2 is 2.38 bits per heavy atom. The maximum Gasteiger partial charge on any atom is 0.0112 e. The lowest BCUT2D eigenvalue weighted by Crippen LogP contribution is -2.00. The SMILES string of the molecule is C=CCC=CNCC. The van der Waals surface area contributed by atoms with E-state index in [2.05, 4.69) is 18.8 Å². The fourth-order valence-electron chi connectivity index (χ4n) is 0.365. The molecule has 1 N–H and O–H groups in total. The Balaban J connectivity index is 2.94. The first-order valence-electron chi connectivity index (χ1n) is 2.91. The van der Waals surface area contributed by atoms with Gasteiger partial charge < -0.3 is 5.32 Å². The van der Waals surface area contributed by atoms with Crippen LogP contribution in [0.15, 0.2) is 24.9 Å². The van der Waals surface area contributed by atoms with Gasteiger partial charge in [-0.2, -0.15) is 0 Å². The summed E-state index contributed by atoms with van der Waals surface area (Å²) in [5.74, 6) is 0. The van der Waals surface area contributed by atoms with Crippen LogP contribution in [-0.4, -0.2) is 6.54 Å². The van der Waals surface area contributed by atoms with Crippen LogP contribution in [0.2, 0.25) is 0 Å². The molecule has 0 radical (unpaired) electrons. The molecule has 0 aliphatic rings. The molecule has 0 aliphatic heterocycles. The molecule has 0 rings (SSSR count). The van der Waals surface area contributed by atoms with Gasteiger partial charge in [-0.25, -0.2) is 0 Å². The van der Waals surface area contributed by atoms with Crippen LogP contribution in [0.1, 0.15) is 13.3 Å². The van der Waals surface area contributed by atoms with Gasteiger partial charge in [0.25, 0.3) is 0 Å². The molecule has 0 amide bonds. The molecule has 46 valence electrons. The first-order chi connectivity index (χ1) is 3.91. The molecule has 0 aromatic heterocycles. The standard InChI is InChI=1S/C7H13N/c1-3-5-6-7-8-4-2/h3,6-8H,1,4-5H2,2H3. The number of rotatable bonds is 4. The molecule has 0 aromatic rings. The minimum Gasteiger partial charge on any atom is -0.391 e. The minimum atomic E-state index is 0.951. The molecule has 0 aromatic carbocycles. The van der Waals surface area contributed by atoms with Crippen LogP contribution in [0, 0.1) is 0 Å². The van der Waals surface area contributed by atoms with Crippen molar-refractivity contribution in [2.75, 3.05) is 6.54 Å². The highest BCUT2D eigenvalue weighted by atomic mass is 14.8. The molecule has 0 fully saturated rings. The number of allylic oxidation sites excluding steroid dienone is 2. The lowest BCUT2D eigenvalue weighted by molar-refractivity contribution is 0.915. The Labute approximate surface area is 51.1 Å². The predicted molar refractivity (Wildman–Crippen MR) is 37.6 cm³/mol. The summed E-state index contributed by atoms with van der Waals surface area (Å²) in [6.45, 7) is 6.64. The highest BCUT2D eigenvalue weighted by molar-refractivity contribution is 4.86. The molecule has 1 nitrogen and oxygen atoms in total. The zero-order chi connectivity index (χ0) is 6.24. The summed E-state index contributed by atoms with van der Waals surface area (Å²) in [7, 11) is 0. The lowest BCUT2D eigenvalue weighted by atomic mass is 10.4. The van der Waals surface area contributed by atoms with Crippen molar-refractivity contribution in [3.8, 4) is 0 Å². The van der Waals surface area contributed by atoms with Crippen molar-refractivity contribution in [3.63, 3.8) is 0 Å². The van der Waals surface area contributed by atoms with Gasteiger partial charge in [0.05, 0.1) is 0 Å². The smallest absolute Gasteiger partial charge is 0.0112 e. The first kappa shape index (κ1) is 7.28. The van der Waals surface area contributed by atoms with E-state index in [-0.39, 0.29) is 0 Å². The quantitative estimate of drug-likeness (QED) is 0.544. The second-order valence-corrected chi connectivity index (χ2v) is 1.48. The molecule has 0 atom stereocenters. The zero-order valence-electron chi connectivity index (χ0n) is 5.35. The average molecular weight is 111 g/mol. The van der Waals surface area contributed by atoms with Gasteiger partial charge in [-0.3, -0.25) is 0 Å². The third kappa shape index (κ3) is 5.28. The summed E-state index contributed by atoms with van der Waals surface area (Å²) < 4.78 is 0. The van der Waals surface area contributed by atoms with Gasteiger partial charge in [0, 0.05) is 6.54 Å². The average Bonchev–Trinajstić information content (AvgIpc) is 1.81. The number of hydrogen-bond donors (Lipinski definition) is 1. The molecular weight excluding hydrogens is 98.1 g/mol. The van der Waals surface area contributed by atoms with Crippen LogP contribution < -0.4 is 5.32 Å². The Kier molecular flexibility index (Phi) is 5.71. The van der Waals surface area contributed by atoms with Crippen molar-refractivity contribution in [1.29, 1.82) is 0 Å². The second kappa shape index (κ2) is 6.28. The number of nitrogens with one attached hydrogen (secondary N) is 1. The van der Waals surface area contributed by atoms with E-state index >= 15 is 0 Å². The molecular formula is C7H13N. The van der Waals surface area contributed by atoms with E-state index in [4.69, 9.17) is 0 Å². The molecule has 0 bridgehead atoms. The molecule has 1 heteroatoms. The van der Waals surface area contributed by atoms with Crippen LogP contribution in [0.25, 0.3) is 0 Å². The summed E-state index contributed by atoms with van der Waals surface area (Å²) >= 11 is 0. The third-order valence-corrected chi connectivity index (χ3v) is 0.743. The van der Waals surface area contributed by atoms with Gasteiger partial charge >= 0.3 is 0 Å². The van der Waals surface area contributed by atoms with Crippen molar-refractivity contribution in [2.24, 2.45) is 0 Å². The van der Waals surface area contributed by atoms with Crippen molar-refractivity contribution in [1.82, 2.24) is 5.32 Å². The fraction of sp³-hybridized carbons (Fsp3) is 0.429. The molecule has 0 unspecified atom stereocenters. The van der Waals surface area contributed by atoms with Crippen LogP contribution in [0.5, 0.6) is 0 Å². The summed E-state index contributed by atoms with van der Waals surface area (Å²) in [4.78, 5) is 0. The van der Waals surface area contributed by atoms with E-state index in [1.54, 1.807) is 0 Å². The largest absolute Gasteiger partial charge is 0.391 e. The monoisotopic (exact) mass is 111 g/mol. The molecule has 8 heavy (non-hydrogen) atoms. The second-order valence-electron chi connectivity index (χ2n) is 1.48. The Hall–Kier alpha value is -0.720. The maximum absolute atomic E-state index is 3.58. The van der Waals surface area contributed by atoms with Crippen molar-refractivity contribution >= 4 is 0 Å². The van der Waals surface area contributed by atoms with Gasteiger partial charge in [-0.05, 0) is 19.5 Å². The topological polar surface area (TPSA) is 12.0 Å². The summed E-state index contributed by atoms with van der Waals surface area (Å²) in [6, 6.07) is 0. The van der Waals surface area contributed by atoms with E-state index in [0.717, 1.165) is 13.0 Å². The molecule has 0 heterocycles. The predicted octanol–water partition coefficient (Wildman–Crippen LogP) is 1.69. The Morgan fingerprint density at radius 3 is 2.88 bits per heavy atom. The Bertz CT molecular complexity index is 74.5. The van der Waals surface area contributed by atoms with Crippen LogP contribution >= 0.6 is 0 Å². The van der Waals surface area contributed by atoms with Crippen LogP contribution in [-0.2, 0) is 0 Å². The highest BCUT2D eigenvalue weighted by Gasteiger charge is 1.65. The van der Waals surface area contributed by atoms with E-state index in [0.29, 0.717) is 0 Å². The third-order valence-electron chi connectivity index (χ3n) is 0.743. The highest BCUT2D eigenvalue weighted by Crippen LogP contribution is 1.78. The Morgan fingerprint density at radius 1 is 1.62 bits per heavy atom. The molecule has 0 saturated carbocycles. The molecule has 0 saturated heterocycles. The van der Waals surface area contributed by atoms with Crippen molar-refractivity contribution in [3.05, 3.63) is 24.9 Å². The maximum atomic E-state index is 3.58. The summed E-state index contributed by atoms with van der Waals surface area (Å²) in [5.41, 5.74) is 0. The van der Waals surface area contributed by atoms with Gasteiger partial charge in [-0.1, -0.05) is 12.2 Å². The zero-order valence-corrected chi connectivity index (χ0v) is 5.35. The van der Waals surface area contributed by atoms with E-state index in [1.165, 1.54) is 0 Å². The van der Waals surface area contributed by atoms with Gasteiger partial charge in [0.15, 0.2) is 0 Å². The first-order valence-corrected chi connectivity index (χ1v) is 2.91. The van der Waals surface area contributed by atoms with Gasteiger partial charge in [0.1, 0.15) is 0 Å². The lowest BCUT2D eigenvalue weighted by Gasteiger charge is -1.87. The van der Waals surface area contributed by atoms with E-state index in [1.807, 2.05) is 18.4 Å². The fourth-order valence-corrected chi connectivity index (χ4v) is 0.365. The summed E-state index contributed by atoms with van der Waals surface area (Å²) in [6.07, 6.45) is 6.80. The van der Waals surface area contributed by atoms with Gasteiger partial charge in [0.2, 0.25) is 0 Å². The van der Waals surface area contributed by atoms with Crippen LogP contribution in [0.4, 0.5) is 0 Å². The molecule has 0 aliphatic carbocycles. The number of hydrogen-bond acceptors (Lipinski definition) is 1. The molecule has 0 spiro atoms. The van der Waals surface area contributed by atoms with Crippen molar-refractivity contribution in [2.45, 2.75) is 13.3 Å². The van der Waals surface area contributed by atoms with Crippen LogP contribution in [0.3, 0.4) is 0 Å².